The van der Waals surface area contributed by atoms with Crippen molar-refractivity contribution >= 4 is 29.1 Å². The van der Waals surface area contributed by atoms with E-state index in [1.165, 1.54) is 29.5 Å². The van der Waals surface area contributed by atoms with E-state index in [0.29, 0.717) is 49.4 Å². The van der Waals surface area contributed by atoms with Gasteiger partial charge in [0.1, 0.15) is 5.82 Å². The summed E-state index contributed by atoms with van der Waals surface area (Å²) in [4.78, 5) is 43.5. The van der Waals surface area contributed by atoms with Crippen LogP contribution >= 0.6 is 11.3 Å². The number of halogens is 1. The van der Waals surface area contributed by atoms with Crippen molar-refractivity contribution in [2.75, 3.05) is 19.7 Å². The fraction of sp³-hybridized carbons (Fsp3) is 0.308. The predicted octanol–water partition coefficient (Wildman–Crippen LogP) is 3.89. The molecule has 182 valence electrons. The molecule has 7 nitrogen and oxygen atoms in total. The van der Waals surface area contributed by atoms with E-state index in [1.54, 1.807) is 34.6 Å². The van der Waals surface area contributed by atoms with Crippen molar-refractivity contribution in [2.45, 2.75) is 26.3 Å². The lowest BCUT2D eigenvalue weighted by molar-refractivity contribution is -0.149. The molecule has 0 unspecified atom stereocenters. The van der Waals surface area contributed by atoms with Crippen molar-refractivity contribution in [3.8, 4) is 0 Å². The Morgan fingerprint density at radius 2 is 1.80 bits per heavy atom. The highest BCUT2D eigenvalue weighted by atomic mass is 32.1. The number of ether oxygens (including phenoxy) is 1. The van der Waals surface area contributed by atoms with Crippen LogP contribution in [0.2, 0.25) is 0 Å². The number of aromatic nitrogens is 1. The van der Waals surface area contributed by atoms with Crippen molar-refractivity contribution < 1.29 is 23.5 Å². The van der Waals surface area contributed by atoms with E-state index in [-0.39, 0.29) is 23.4 Å². The molecule has 0 aliphatic carbocycles. The molecule has 0 spiro atoms. The molecule has 1 aliphatic heterocycles. The van der Waals surface area contributed by atoms with Crippen molar-refractivity contribution in [3.63, 3.8) is 0 Å². The Balaban J connectivity index is 1.40. The Bertz CT molecular complexity index is 1270. The van der Waals surface area contributed by atoms with Crippen LogP contribution in [0.3, 0.4) is 0 Å². The maximum Gasteiger partial charge on any atom is 0.309 e. The summed E-state index contributed by atoms with van der Waals surface area (Å²) >= 11 is 1.29. The minimum absolute atomic E-state index is 0.0618. The zero-order valence-electron chi connectivity index (χ0n) is 19.4. The topological polar surface area (TPSA) is 81.0 Å². The van der Waals surface area contributed by atoms with Crippen LogP contribution in [0.4, 0.5) is 4.39 Å². The SMILES string of the molecule is CCOC(=O)C1CCN(C(=O)c2ccc(Cn3ccsc3=NC(=O)c3ccccc3F)cc2)CC1. The molecule has 4 rings (SSSR count). The summed E-state index contributed by atoms with van der Waals surface area (Å²) in [5.74, 6) is -1.62. The van der Waals surface area contributed by atoms with Gasteiger partial charge in [-0.05, 0) is 49.6 Å². The monoisotopic (exact) mass is 495 g/mol. The van der Waals surface area contributed by atoms with E-state index >= 15 is 0 Å². The van der Waals surface area contributed by atoms with E-state index in [4.69, 9.17) is 4.74 Å². The van der Waals surface area contributed by atoms with Crippen LogP contribution in [-0.2, 0) is 16.1 Å². The number of benzene rings is 2. The van der Waals surface area contributed by atoms with E-state index in [0.717, 1.165) is 5.56 Å². The van der Waals surface area contributed by atoms with E-state index in [2.05, 4.69) is 4.99 Å². The molecule has 9 heteroatoms. The van der Waals surface area contributed by atoms with Gasteiger partial charge in [-0.3, -0.25) is 14.4 Å². The minimum atomic E-state index is -0.632. The van der Waals surface area contributed by atoms with Crippen molar-refractivity contribution in [3.05, 3.63) is 87.4 Å². The van der Waals surface area contributed by atoms with Gasteiger partial charge in [0, 0.05) is 36.8 Å². The number of hydrogen-bond acceptors (Lipinski definition) is 5. The third-order valence-corrected chi connectivity index (χ3v) is 6.71. The first-order chi connectivity index (χ1) is 17.0. The number of hydrogen-bond donors (Lipinski definition) is 0. The third-order valence-electron chi connectivity index (χ3n) is 5.92. The molecule has 0 saturated carbocycles. The average Bonchev–Trinajstić information content (AvgIpc) is 3.30. The van der Waals surface area contributed by atoms with Gasteiger partial charge in [0.15, 0.2) is 4.80 Å². The third kappa shape index (κ3) is 5.92. The van der Waals surface area contributed by atoms with Gasteiger partial charge in [-0.1, -0.05) is 24.3 Å². The van der Waals surface area contributed by atoms with Gasteiger partial charge in [0.2, 0.25) is 0 Å². The number of esters is 1. The fourth-order valence-electron chi connectivity index (χ4n) is 4.00. The summed E-state index contributed by atoms with van der Waals surface area (Å²) in [6.07, 6.45) is 3.02. The Kier molecular flexibility index (Phi) is 7.87. The molecule has 0 N–H and O–H groups in total. The highest BCUT2D eigenvalue weighted by Crippen LogP contribution is 2.21. The van der Waals surface area contributed by atoms with Gasteiger partial charge in [-0.2, -0.15) is 4.99 Å². The number of rotatable bonds is 6. The number of thiazole rings is 1. The lowest BCUT2D eigenvalue weighted by Gasteiger charge is -2.31. The van der Waals surface area contributed by atoms with Gasteiger partial charge in [-0.15, -0.1) is 11.3 Å². The van der Waals surface area contributed by atoms with Gasteiger partial charge >= 0.3 is 5.97 Å². The van der Waals surface area contributed by atoms with E-state index in [1.807, 2.05) is 23.7 Å². The fourth-order valence-corrected chi connectivity index (χ4v) is 4.73. The quantitative estimate of drug-likeness (QED) is 0.486. The number of likely N-dealkylation sites (tertiary alicyclic amines) is 1. The molecule has 2 heterocycles. The number of carbonyl (C=O) groups is 3. The van der Waals surface area contributed by atoms with Crippen LogP contribution < -0.4 is 4.80 Å². The van der Waals surface area contributed by atoms with Crippen LogP contribution in [-0.4, -0.2) is 46.9 Å². The first-order valence-corrected chi connectivity index (χ1v) is 12.4. The predicted molar refractivity (Wildman–Crippen MR) is 129 cm³/mol. The number of amides is 2. The largest absolute Gasteiger partial charge is 0.466 e. The molecular formula is C26H26FN3O4S. The Labute approximate surface area is 206 Å². The standard InChI is InChI=1S/C26H26FN3O4S/c1-2-34-25(33)20-11-13-29(14-12-20)24(32)19-9-7-18(8-10-19)17-30-15-16-35-26(30)28-23(31)21-5-3-4-6-22(21)27/h3-10,15-16,20H,2,11-14,17H2,1H3. The highest BCUT2D eigenvalue weighted by molar-refractivity contribution is 7.07. The normalized spacial score (nSPS) is 14.7. The average molecular weight is 496 g/mol. The summed E-state index contributed by atoms with van der Waals surface area (Å²) in [6.45, 7) is 3.65. The maximum atomic E-state index is 13.9. The first-order valence-electron chi connectivity index (χ1n) is 11.5. The van der Waals surface area contributed by atoms with Gasteiger partial charge < -0.3 is 14.2 Å². The maximum absolute atomic E-state index is 13.9. The number of nitrogens with zero attached hydrogens (tertiary/aromatic N) is 3. The van der Waals surface area contributed by atoms with E-state index < -0.39 is 11.7 Å². The van der Waals surface area contributed by atoms with Crippen LogP contribution in [0.25, 0.3) is 0 Å². The smallest absolute Gasteiger partial charge is 0.309 e. The Morgan fingerprint density at radius 3 is 2.49 bits per heavy atom. The molecule has 1 saturated heterocycles. The summed E-state index contributed by atoms with van der Waals surface area (Å²) in [5.41, 5.74) is 1.45. The molecule has 2 aromatic carbocycles. The number of carbonyl (C=O) groups excluding carboxylic acids is 3. The van der Waals surface area contributed by atoms with Crippen LogP contribution in [0.1, 0.15) is 46.0 Å². The van der Waals surface area contributed by atoms with Gasteiger partial charge in [-0.25, -0.2) is 4.39 Å². The second-order valence-electron chi connectivity index (χ2n) is 8.23. The van der Waals surface area contributed by atoms with Crippen LogP contribution in [0.15, 0.2) is 65.1 Å². The minimum Gasteiger partial charge on any atom is -0.466 e. The molecule has 1 aromatic heterocycles. The molecule has 35 heavy (non-hydrogen) atoms. The Morgan fingerprint density at radius 1 is 1.09 bits per heavy atom. The molecular weight excluding hydrogens is 469 g/mol. The second kappa shape index (κ2) is 11.2. The van der Waals surface area contributed by atoms with Crippen LogP contribution in [0.5, 0.6) is 0 Å². The second-order valence-corrected chi connectivity index (χ2v) is 9.10. The molecule has 0 atom stereocenters. The highest BCUT2D eigenvalue weighted by Gasteiger charge is 2.28. The molecule has 2 amide bonds. The van der Waals surface area contributed by atoms with Gasteiger partial charge in [0.05, 0.1) is 18.1 Å². The molecule has 0 bridgehead atoms. The summed E-state index contributed by atoms with van der Waals surface area (Å²) < 4.78 is 20.8. The lowest BCUT2D eigenvalue weighted by atomic mass is 9.96. The van der Waals surface area contributed by atoms with Crippen molar-refractivity contribution in [1.29, 1.82) is 0 Å². The van der Waals surface area contributed by atoms with Gasteiger partial charge in [0.25, 0.3) is 11.8 Å². The number of piperidine rings is 1. The molecule has 0 radical (unpaired) electrons. The summed E-state index contributed by atoms with van der Waals surface area (Å²) in [5, 5.41) is 1.81. The van der Waals surface area contributed by atoms with Crippen molar-refractivity contribution in [1.82, 2.24) is 9.47 Å². The zero-order chi connectivity index (χ0) is 24.8. The Hall–Kier alpha value is -3.59. The van der Waals surface area contributed by atoms with Crippen LogP contribution in [0, 0.1) is 11.7 Å². The lowest BCUT2D eigenvalue weighted by Crippen LogP contribution is -2.40. The van der Waals surface area contributed by atoms with E-state index in [9.17, 15) is 18.8 Å². The summed E-state index contributed by atoms with van der Waals surface area (Å²) in [6, 6.07) is 13.1. The summed E-state index contributed by atoms with van der Waals surface area (Å²) in [7, 11) is 0. The first kappa shape index (κ1) is 24.5. The molecule has 1 aliphatic rings. The zero-order valence-corrected chi connectivity index (χ0v) is 20.2. The molecule has 3 aromatic rings. The molecule has 1 fully saturated rings. The van der Waals surface area contributed by atoms with Crippen molar-refractivity contribution in [2.24, 2.45) is 10.9 Å².